The minimum Gasteiger partial charge on any atom is -1.00 e. The number of hydrogen-bond acceptors (Lipinski definition) is 2. The summed E-state index contributed by atoms with van der Waals surface area (Å²) in [5, 5.41) is 0. The van der Waals surface area contributed by atoms with Crippen molar-refractivity contribution in [1.29, 1.82) is 0 Å². The molecule has 0 radical (unpaired) electrons. The van der Waals surface area contributed by atoms with E-state index in [1.807, 2.05) is 0 Å². The molecule has 0 aliphatic carbocycles. The third-order valence-electron chi connectivity index (χ3n) is 3.37. The van der Waals surface area contributed by atoms with Crippen molar-refractivity contribution in [2.75, 3.05) is 31.3 Å². The monoisotopic (exact) mass is 280 g/mol. The minimum atomic E-state index is -0.736. The first-order valence-corrected chi connectivity index (χ1v) is 8.72. The Morgan fingerprint density at radius 1 is 1.18 bits per heavy atom. The van der Waals surface area contributed by atoms with Gasteiger partial charge in [0.2, 0.25) is 0 Å². The van der Waals surface area contributed by atoms with Crippen LogP contribution in [0.4, 0.5) is 0 Å². The molecule has 0 saturated carbocycles. The van der Waals surface area contributed by atoms with Crippen LogP contribution in [0.3, 0.4) is 0 Å². The van der Waals surface area contributed by atoms with Crippen molar-refractivity contribution in [1.82, 2.24) is 0 Å². The van der Waals surface area contributed by atoms with E-state index in [1.54, 1.807) is 6.92 Å². The maximum atomic E-state index is 11.2. The van der Waals surface area contributed by atoms with Crippen LogP contribution in [-0.4, -0.2) is 37.2 Å². The average Bonchev–Trinajstić information content (AvgIpc) is 2.30. The number of esters is 1. The standard InChI is InChI=1S/C13H26O2P.ClH/c1-6-16(7-2,8-3)11-9-10-15-13(14)12(4)5;/h4,6-11H2,1-3,5H3;1H/q+1;/p-1. The summed E-state index contributed by atoms with van der Waals surface area (Å²) in [5.41, 5.74) is 0.488. The van der Waals surface area contributed by atoms with Gasteiger partial charge < -0.3 is 17.1 Å². The molecule has 0 fully saturated rings. The lowest BCUT2D eigenvalue weighted by molar-refractivity contribution is -0.138. The highest BCUT2D eigenvalue weighted by atomic mass is 35.5. The zero-order chi connectivity index (χ0) is 12.6. The molecule has 0 aromatic rings. The summed E-state index contributed by atoms with van der Waals surface area (Å²) in [6.07, 6.45) is 6.19. The van der Waals surface area contributed by atoms with Crippen molar-refractivity contribution in [2.45, 2.75) is 34.1 Å². The lowest BCUT2D eigenvalue weighted by Crippen LogP contribution is -3.00. The zero-order valence-electron chi connectivity index (χ0n) is 11.6. The second kappa shape index (κ2) is 9.91. The fraction of sp³-hybridized carbons (Fsp3) is 0.769. The summed E-state index contributed by atoms with van der Waals surface area (Å²) in [5.74, 6) is -0.256. The Kier molecular flexibility index (Phi) is 11.2. The lowest BCUT2D eigenvalue weighted by Gasteiger charge is -2.23. The predicted molar refractivity (Wildman–Crippen MR) is 73.8 cm³/mol. The number of carbonyl (C=O) groups excluding carboxylic acids is 1. The van der Waals surface area contributed by atoms with E-state index >= 15 is 0 Å². The fourth-order valence-electron chi connectivity index (χ4n) is 1.83. The maximum Gasteiger partial charge on any atom is 0.333 e. The Balaban J connectivity index is 0. The quantitative estimate of drug-likeness (QED) is 0.281. The highest BCUT2D eigenvalue weighted by molar-refractivity contribution is 7.75. The van der Waals surface area contributed by atoms with E-state index in [0.29, 0.717) is 12.2 Å². The fourth-order valence-corrected chi connectivity index (χ4v) is 4.92. The van der Waals surface area contributed by atoms with Crippen LogP contribution >= 0.6 is 7.26 Å². The van der Waals surface area contributed by atoms with E-state index in [9.17, 15) is 4.79 Å². The van der Waals surface area contributed by atoms with Gasteiger partial charge in [0.15, 0.2) is 0 Å². The number of ether oxygens (including phenoxy) is 1. The van der Waals surface area contributed by atoms with Gasteiger partial charge in [-0.25, -0.2) is 4.79 Å². The summed E-state index contributed by atoms with van der Waals surface area (Å²) in [6, 6.07) is 0. The Hall–Kier alpha value is -0.0700. The molecule has 0 spiro atoms. The van der Waals surface area contributed by atoms with Crippen molar-refractivity contribution in [3.05, 3.63) is 12.2 Å². The molecular formula is C13H26ClO2P. The molecule has 4 heteroatoms. The summed E-state index contributed by atoms with van der Waals surface area (Å²) < 4.78 is 5.11. The molecule has 0 amide bonds. The Morgan fingerprint density at radius 2 is 1.65 bits per heavy atom. The number of carbonyl (C=O) groups is 1. The van der Waals surface area contributed by atoms with E-state index in [-0.39, 0.29) is 18.4 Å². The summed E-state index contributed by atoms with van der Waals surface area (Å²) in [6.45, 7) is 12.7. The summed E-state index contributed by atoms with van der Waals surface area (Å²) in [4.78, 5) is 11.2. The van der Waals surface area contributed by atoms with Crippen LogP contribution in [0.1, 0.15) is 34.1 Å². The van der Waals surface area contributed by atoms with Crippen LogP contribution in [0.5, 0.6) is 0 Å². The molecule has 0 aliphatic rings. The van der Waals surface area contributed by atoms with Gasteiger partial charge in [0.1, 0.15) is 0 Å². The van der Waals surface area contributed by atoms with Gasteiger partial charge in [-0.05, 0) is 27.7 Å². The smallest absolute Gasteiger partial charge is 0.333 e. The van der Waals surface area contributed by atoms with Crippen LogP contribution < -0.4 is 12.4 Å². The lowest BCUT2D eigenvalue weighted by atomic mass is 10.4. The SMILES string of the molecule is C=C(C)C(=O)OCCC[P+](CC)(CC)CC.[Cl-]. The second-order valence-electron chi connectivity index (χ2n) is 4.28. The van der Waals surface area contributed by atoms with Crippen LogP contribution in [0.2, 0.25) is 0 Å². The molecule has 2 nitrogen and oxygen atoms in total. The maximum absolute atomic E-state index is 11.2. The van der Waals surface area contributed by atoms with Crippen LogP contribution in [0, 0.1) is 0 Å². The van der Waals surface area contributed by atoms with E-state index in [0.717, 1.165) is 6.42 Å². The number of hydrogen-bond donors (Lipinski definition) is 0. The van der Waals surface area contributed by atoms with Crippen LogP contribution in [-0.2, 0) is 9.53 Å². The van der Waals surface area contributed by atoms with Crippen molar-refractivity contribution < 1.29 is 21.9 Å². The van der Waals surface area contributed by atoms with Gasteiger partial charge in [-0.1, -0.05) is 6.58 Å². The van der Waals surface area contributed by atoms with E-state index in [2.05, 4.69) is 27.4 Å². The van der Waals surface area contributed by atoms with Crippen molar-refractivity contribution in [3.8, 4) is 0 Å². The largest absolute Gasteiger partial charge is 1.00 e. The molecule has 0 aromatic carbocycles. The van der Waals surface area contributed by atoms with Crippen LogP contribution in [0.25, 0.3) is 0 Å². The van der Waals surface area contributed by atoms with Crippen molar-refractivity contribution in [2.24, 2.45) is 0 Å². The van der Waals surface area contributed by atoms with Crippen LogP contribution in [0.15, 0.2) is 12.2 Å². The Morgan fingerprint density at radius 3 is 2.00 bits per heavy atom. The first kappa shape index (κ1) is 19.3. The number of rotatable bonds is 8. The van der Waals surface area contributed by atoms with Gasteiger partial charge in [0.05, 0.1) is 31.3 Å². The molecule has 0 aromatic heterocycles. The number of halogens is 1. The summed E-state index contributed by atoms with van der Waals surface area (Å²) in [7, 11) is -0.736. The highest BCUT2D eigenvalue weighted by Crippen LogP contribution is 2.57. The second-order valence-corrected chi connectivity index (χ2v) is 9.31. The average molecular weight is 281 g/mol. The molecule has 0 heterocycles. The van der Waals surface area contributed by atoms with E-state index in [1.165, 1.54) is 24.6 Å². The third kappa shape index (κ3) is 7.06. The van der Waals surface area contributed by atoms with Crippen molar-refractivity contribution >= 4 is 13.2 Å². The molecule has 0 saturated heterocycles. The molecule has 0 bridgehead atoms. The topological polar surface area (TPSA) is 26.3 Å². The molecule has 0 rings (SSSR count). The summed E-state index contributed by atoms with van der Waals surface area (Å²) >= 11 is 0. The minimum absolute atomic E-state index is 0. The van der Waals surface area contributed by atoms with Crippen molar-refractivity contribution in [3.63, 3.8) is 0 Å². The van der Waals surface area contributed by atoms with E-state index in [4.69, 9.17) is 4.74 Å². The molecule has 0 aliphatic heterocycles. The van der Waals surface area contributed by atoms with Gasteiger partial charge in [-0.3, -0.25) is 0 Å². The van der Waals surface area contributed by atoms with Gasteiger partial charge >= 0.3 is 5.97 Å². The van der Waals surface area contributed by atoms with Gasteiger partial charge in [-0.2, -0.15) is 0 Å². The van der Waals surface area contributed by atoms with Gasteiger partial charge in [-0.15, -0.1) is 0 Å². The molecule has 0 N–H and O–H groups in total. The third-order valence-corrected chi connectivity index (χ3v) is 8.66. The molecular weight excluding hydrogens is 255 g/mol. The van der Waals surface area contributed by atoms with Gasteiger partial charge in [0, 0.05) is 19.3 Å². The first-order chi connectivity index (χ1) is 7.51. The molecule has 102 valence electrons. The highest BCUT2D eigenvalue weighted by Gasteiger charge is 2.30. The molecule has 17 heavy (non-hydrogen) atoms. The normalized spacial score (nSPS) is 10.6. The Labute approximate surface area is 113 Å². The first-order valence-electron chi connectivity index (χ1n) is 6.19. The Bertz CT molecular complexity index is 229. The van der Waals surface area contributed by atoms with E-state index < -0.39 is 7.26 Å². The van der Waals surface area contributed by atoms with Gasteiger partial charge in [0.25, 0.3) is 0 Å². The molecule has 0 unspecified atom stereocenters. The molecule has 0 atom stereocenters. The zero-order valence-corrected chi connectivity index (χ0v) is 13.2. The predicted octanol–water partition coefficient (Wildman–Crippen LogP) is 0.577.